The van der Waals surface area contributed by atoms with Crippen LogP contribution in [0.15, 0.2) is 23.3 Å². The summed E-state index contributed by atoms with van der Waals surface area (Å²) < 4.78 is 11.0. The minimum Gasteiger partial charge on any atom is -0.494 e. The van der Waals surface area contributed by atoms with Gasteiger partial charge < -0.3 is 9.47 Å². The molecule has 2 heterocycles. The Morgan fingerprint density at radius 3 is 2.70 bits per heavy atom. The van der Waals surface area contributed by atoms with Crippen LogP contribution in [0, 0.1) is 6.92 Å². The van der Waals surface area contributed by atoms with Crippen molar-refractivity contribution >= 4 is 6.08 Å². The number of allylic oxidation sites excluding steroid dienone is 1. The predicted molar refractivity (Wildman–Crippen MR) is 94.2 cm³/mol. The molecule has 2 aliphatic rings. The molecule has 0 atom stereocenters. The molecule has 0 saturated carbocycles. The van der Waals surface area contributed by atoms with Crippen LogP contribution in [0.1, 0.15) is 31.4 Å². The van der Waals surface area contributed by atoms with E-state index in [0.29, 0.717) is 0 Å². The van der Waals surface area contributed by atoms with E-state index in [-0.39, 0.29) is 0 Å². The van der Waals surface area contributed by atoms with Crippen molar-refractivity contribution in [3.63, 3.8) is 0 Å². The third-order valence-corrected chi connectivity index (χ3v) is 4.03. The summed E-state index contributed by atoms with van der Waals surface area (Å²) in [7, 11) is 1.72. The van der Waals surface area contributed by atoms with E-state index < -0.39 is 0 Å². The summed E-state index contributed by atoms with van der Waals surface area (Å²) in [6, 6.07) is 2.24. The van der Waals surface area contributed by atoms with Gasteiger partial charge in [-0.2, -0.15) is 0 Å². The van der Waals surface area contributed by atoms with Crippen molar-refractivity contribution in [3.8, 4) is 5.75 Å². The van der Waals surface area contributed by atoms with Crippen LogP contribution in [0.2, 0.25) is 0 Å². The molecule has 1 saturated heterocycles. The molecule has 2 aliphatic heterocycles. The maximum absolute atomic E-state index is 5.56. The van der Waals surface area contributed by atoms with Crippen molar-refractivity contribution in [2.45, 2.75) is 33.7 Å². The first-order valence-corrected chi connectivity index (χ1v) is 8.49. The lowest BCUT2D eigenvalue weighted by Gasteiger charge is -2.27. The number of benzene rings is 1. The minimum absolute atomic E-state index is 0.826. The van der Waals surface area contributed by atoms with Gasteiger partial charge in [-0.05, 0) is 24.5 Å². The summed E-state index contributed by atoms with van der Waals surface area (Å²) in [4.78, 5) is 7.03. The van der Waals surface area contributed by atoms with Gasteiger partial charge in [0.15, 0.2) is 0 Å². The SMILES string of the molecule is CC.COc1c(C)cc(CN2CCOCC2)c2c1=NC=CCC=2. The fourth-order valence-electron chi connectivity index (χ4n) is 2.98. The molecule has 0 radical (unpaired) electrons. The van der Waals surface area contributed by atoms with Gasteiger partial charge in [0.05, 0.1) is 20.3 Å². The lowest BCUT2D eigenvalue weighted by molar-refractivity contribution is 0.0340. The molecule has 0 unspecified atom stereocenters. The van der Waals surface area contributed by atoms with Gasteiger partial charge in [-0.1, -0.05) is 32.1 Å². The first kappa shape index (κ1) is 17.7. The summed E-state index contributed by atoms with van der Waals surface area (Å²) >= 11 is 0. The normalized spacial score (nSPS) is 17.0. The van der Waals surface area contributed by atoms with E-state index in [1.807, 2.05) is 20.0 Å². The zero-order valence-corrected chi connectivity index (χ0v) is 14.8. The molecule has 1 fully saturated rings. The van der Waals surface area contributed by atoms with Gasteiger partial charge in [-0.3, -0.25) is 9.89 Å². The monoisotopic (exact) mass is 316 g/mol. The smallest absolute Gasteiger partial charge is 0.147 e. The van der Waals surface area contributed by atoms with E-state index in [4.69, 9.17) is 9.47 Å². The van der Waals surface area contributed by atoms with Crippen LogP contribution >= 0.6 is 0 Å². The lowest BCUT2D eigenvalue weighted by Crippen LogP contribution is -2.39. The summed E-state index contributed by atoms with van der Waals surface area (Å²) in [5, 5.41) is 2.18. The van der Waals surface area contributed by atoms with E-state index in [2.05, 4.69) is 35.0 Å². The predicted octanol–water partition coefficient (Wildman–Crippen LogP) is 2.18. The molecule has 0 aliphatic carbocycles. The van der Waals surface area contributed by atoms with Gasteiger partial charge in [0.1, 0.15) is 11.1 Å². The lowest BCUT2D eigenvalue weighted by atomic mass is 10.0. The fourth-order valence-corrected chi connectivity index (χ4v) is 2.98. The number of ether oxygens (including phenoxy) is 2. The summed E-state index contributed by atoms with van der Waals surface area (Å²) in [5.74, 6) is 0.888. The Morgan fingerprint density at radius 2 is 2.00 bits per heavy atom. The number of morpholine rings is 1. The first-order chi connectivity index (χ1) is 11.3. The zero-order chi connectivity index (χ0) is 16.7. The number of fused-ring (bicyclic) bond motifs is 1. The van der Waals surface area contributed by atoms with Crippen LogP contribution in [0.5, 0.6) is 5.75 Å². The van der Waals surface area contributed by atoms with Gasteiger partial charge in [-0.15, -0.1) is 0 Å². The molecule has 0 amide bonds. The quantitative estimate of drug-likeness (QED) is 0.857. The highest BCUT2D eigenvalue weighted by Gasteiger charge is 2.14. The Hall–Kier alpha value is -1.65. The maximum Gasteiger partial charge on any atom is 0.147 e. The largest absolute Gasteiger partial charge is 0.494 e. The highest BCUT2D eigenvalue weighted by Crippen LogP contribution is 2.14. The molecular formula is C19H28N2O2. The molecular weight excluding hydrogens is 288 g/mol. The van der Waals surface area contributed by atoms with Crippen LogP contribution in [0.25, 0.3) is 6.08 Å². The second kappa shape index (κ2) is 8.85. The number of nitrogens with zero attached hydrogens (tertiary/aromatic N) is 2. The van der Waals surface area contributed by atoms with E-state index >= 15 is 0 Å². The van der Waals surface area contributed by atoms with Crippen LogP contribution in [0.4, 0.5) is 0 Å². The Morgan fingerprint density at radius 1 is 1.26 bits per heavy atom. The Labute approximate surface area is 139 Å². The third-order valence-electron chi connectivity index (χ3n) is 4.03. The average Bonchev–Trinajstić information content (AvgIpc) is 2.84. The Balaban J connectivity index is 0.000000924. The standard InChI is InChI=1S/C17H22N2O2.C2H6/c1-13-11-14(12-19-7-9-21-10-8-19)15-5-3-4-6-18-16(15)17(13)20-2;1-2/h4-6,11H,3,7-10,12H2,1-2H3;1-2H3. The fraction of sp³-hybridized carbons (Fsp3) is 0.526. The van der Waals surface area contributed by atoms with Gasteiger partial charge in [0.25, 0.3) is 0 Å². The summed E-state index contributed by atoms with van der Waals surface area (Å²) in [6.45, 7) is 10.7. The molecule has 4 nitrogen and oxygen atoms in total. The molecule has 0 spiro atoms. The topological polar surface area (TPSA) is 34.1 Å². The van der Waals surface area contributed by atoms with Crippen LogP contribution in [0.3, 0.4) is 0 Å². The number of aryl methyl sites for hydroxylation is 1. The third kappa shape index (κ3) is 4.21. The minimum atomic E-state index is 0.826. The number of rotatable bonds is 3. The molecule has 4 heteroatoms. The molecule has 0 N–H and O–H groups in total. The Bertz CT molecular complexity index is 659. The van der Waals surface area contributed by atoms with Crippen LogP contribution in [-0.2, 0) is 11.3 Å². The second-order valence-corrected chi connectivity index (χ2v) is 5.49. The average molecular weight is 316 g/mol. The van der Waals surface area contributed by atoms with Crippen molar-refractivity contribution in [3.05, 3.63) is 40.0 Å². The van der Waals surface area contributed by atoms with Crippen molar-refractivity contribution in [2.75, 3.05) is 33.4 Å². The summed E-state index contributed by atoms with van der Waals surface area (Å²) in [6.07, 6.45) is 7.12. The van der Waals surface area contributed by atoms with Crippen molar-refractivity contribution < 1.29 is 9.47 Å². The van der Waals surface area contributed by atoms with Crippen LogP contribution in [-0.4, -0.2) is 38.3 Å². The van der Waals surface area contributed by atoms with E-state index in [9.17, 15) is 0 Å². The van der Waals surface area contributed by atoms with Crippen molar-refractivity contribution in [1.82, 2.24) is 4.90 Å². The molecule has 1 aromatic rings. The maximum atomic E-state index is 5.56. The van der Waals surface area contributed by atoms with Gasteiger partial charge in [0.2, 0.25) is 0 Å². The van der Waals surface area contributed by atoms with Gasteiger partial charge in [0, 0.05) is 31.1 Å². The van der Waals surface area contributed by atoms with Gasteiger partial charge >= 0.3 is 0 Å². The number of methoxy groups -OCH3 is 1. The number of hydrogen-bond donors (Lipinski definition) is 0. The molecule has 0 bridgehead atoms. The van der Waals surface area contributed by atoms with Crippen LogP contribution < -0.4 is 15.3 Å². The number of hydrogen-bond acceptors (Lipinski definition) is 4. The Kier molecular flexibility index (Phi) is 6.81. The van der Waals surface area contributed by atoms with E-state index in [1.165, 1.54) is 10.8 Å². The first-order valence-electron chi connectivity index (χ1n) is 8.49. The van der Waals surface area contributed by atoms with Crippen molar-refractivity contribution in [2.24, 2.45) is 4.99 Å². The van der Waals surface area contributed by atoms with E-state index in [0.717, 1.165) is 55.9 Å². The molecule has 3 rings (SSSR count). The zero-order valence-electron chi connectivity index (χ0n) is 14.8. The highest BCUT2D eigenvalue weighted by atomic mass is 16.5. The van der Waals surface area contributed by atoms with E-state index in [1.54, 1.807) is 7.11 Å². The molecule has 0 aromatic heterocycles. The summed E-state index contributed by atoms with van der Waals surface area (Å²) in [5.41, 5.74) is 2.48. The molecule has 1 aromatic carbocycles. The highest BCUT2D eigenvalue weighted by molar-refractivity contribution is 5.43. The van der Waals surface area contributed by atoms with Gasteiger partial charge in [-0.25, -0.2) is 0 Å². The van der Waals surface area contributed by atoms with Crippen molar-refractivity contribution in [1.29, 1.82) is 0 Å². The molecule has 23 heavy (non-hydrogen) atoms. The second-order valence-electron chi connectivity index (χ2n) is 5.49. The molecule has 126 valence electrons.